The summed E-state index contributed by atoms with van der Waals surface area (Å²) < 4.78 is 13.3. The summed E-state index contributed by atoms with van der Waals surface area (Å²) in [4.78, 5) is 4.85. The van der Waals surface area contributed by atoms with Crippen LogP contribution in [0.3, 0.4) is 0 Å². The summed E-state index contributed by atoms with van der Waals surface area (Å²) in [6.45, 7) is 3.37. The number of ether oxygens (including phenoxy) is 2. The second-order valence-corrected chi connectivity index (χ2v) is 6.47. The molecule has 0 bridgehead atoms. The summed E-state index contributed by atoms with van der Waals surface area (Å²) in [6.07, 6.45) is 0. The Bertz CT molecular complexity index is 1030. The molecule has 0 atom stereocenters. The highest BCUT2D eigenvalue weighted by atomic mass is 16.5. The first-order valence-corrected chi connectivity index (χ1v) is 9.04. The SMILES string of the molecule is COc1ccc(OCCn2c(-c3ccc(C)cc3)nc3ccccc32)cc1. The Kier molecular flexibility index (Phi) is 4.79. The Labute approximate surface area is 159 Å². The number of para-hydroxylation sites is 2. The molecule has 1 aromatic heterocycles. The fourth-order valence-corrected chi connectivity index (χ4v) is 3.15. The molecule has 3 aromatic carbocycles. The largest absolute Gasteiger partial charge is 0.497 e. The molecule has 136 valence electrons. The molecule has 0 saturated heterocycles. The van der Waals surface area contributed by atoms with Gasteiger partial charge in [-0.1, -0.05) is 42.0 Å². The lowest BCUT2D eigenvalue weighted by atomic mass is 10.1. The zero-order chi connectivity index (χ0) is 18.6. The van der Waals surface area contributed by atoms with E-state index < -0.39 is 0 Å². The monoisotopic (exact) mass is 358 g/mol. The van der Waals surface area contributed by atoms with Gasteiger partial charge in [0.2, 0.25) is 0 Å². The van der Waals surface area contributed by atoms with Crippen LogP contribution in [-0.4, -0.2) is 23.3 Å². The zero-order valence-electron chi connectivity index (χ0n) is 15.6. The van der Waals surface area contributed by atoms with Crippen molar-refractivity contribution in [1.29, 1.82) is 0 Å². The number of fused-ring (bicyclic) bond motifs is 1. The number of hydrogen-bond donors (Lipinski definition) is 0. The summed E-state index contributed by atoms with van der Waals surface area (Å²) in [5, 5.41) is 0. The molecule has 0 fully saturated rings. The molecule has 4 aromatic rings. The lowest BCUT2D eigenvalue weighted by molar-refractivity contribution is 0.300. The van der Waals surface area contributed by atoms with Gasteiger partial charge in [-0.05, 0) is 43.3 Å². The van der Waals surface area contributed by atoms with Crippen molar-refractivity contribution in [2.75, 3.05) is 13.7 Å². The van der Waals surface area contributed by atoms with Gasteiger partial charge in [-0.3, -0.25) is 0 Å². The molecule has 1 heterocycles. The number of nitrogens with zero attached hydrogens (tertiary/aromatic N) is 2. The normalized spacial score (nSPS) is 10.9. The molecule has 4 rings (SSSR count). The van der Waals surface area contributed by atoms with E-state index in [4.69, 9.17) is 14.5 Å². The Balaban J connectivity index is 1.59. The van der Waals surface area contributed by atoms with Crippen molar-refractivity contribution < 1.29 is 9.47 Å². The van der Waals surface area contributed by atoms with Gasteiger partial charge in [0.1, 0.15) is 23.9 Å². The van der Waals surface area contributed by atoms with E-state index in [9.17, 15) is 0 Å². The van der Waals surface area contributed by atoms with Crippen LogP contribution in [0.1, 0.15) is 5.56 Å². The maximum absolute atomic E-state index is 5.93. The molecular weight excluding hydrogens is 336 g/mol. The number of rotatable bonds is 6. The zero-order valence-corrected chi connectivity index (χ0v) is 15.6. The minimum Gasteiger partial charge on any atom is -0.497 e. The van der Waals surface area contributed by atoms with Crippen LogP contribution in [-0.2, 0) is 6.54 Å². The van der Waals surface area contributed by atoms with Crippen molar-refractivity contribution in [3.63, 3.8) is 0 Å². The highest BCUT2D eigenvalue weighted by Gasteiger charge is 2.12. The molecule has 0 amide bonds. The number of methoxy groups -OCH3 is 1. The van der Waals surface area contributed by atoms with Gasteiger partial charge in [0.15, 0.2) is 0 Å². The van der Waals surface area contributed by atoms with E-state index in [1.54, 1.807) is 7.11 Å². The van der Waals surface area contributed by atoms with Crippen LogP contribution in [0.15, 0.2) is 72.8 Å². The summed E-state index contributed by atoms with van der Waals surface area (Å²) in [7, 11) is 1.66. The fourth-order valence-electron chi connectivity index (χ4n) is 3.15. The number of aryl methyl sites for hydroxylation is 1. The molecule has 0 aliphatic rings. The molecule has 0 aliphatic carbocycles. The minimum atomic E-state index is 0.561. The maximum Gasteiger partial charge on any atom is 0.141 e. The third-order valence-electron chi connectivity index (χ3n) is 4.61. The average Bonchev–Trinajstić information content (AvgIpc) is 3.08. The van der Waals surface area contributed by atoms with E-state index in [0.29, 0.717) is 6.61 Å². The van der Waals surface area contributed by atoms with E-state index >= 15 is 0 Å². The van der Waals surface area contributed by atoms with Crippen LogP contribution in [0.25, 0.3) is 22.4 Å². The first-order valence-electron chi connectivity index (χ1n) is 9.04. The summed E-state index contributed by atoms with van der Waals surface area (Å²) in [5.41, 5.74) is 4.47. The molecule has 0 N–H and O–H groups in total. The van der Waals surface area contributed by atoms with Crippen LogP contribution in [0.2, 0.25) is 0 Å². The minimum absolute atomic E-state index is 0.561. The summed E-state index contributed by atoms with van der Waals surface area (Å²) >= 11 is 0. The van der Waals surface area contributed by atoms with Gasteiger partial charge < -0.3 is 14.0 Å². The third kappa shape index (κ3) is 3.65. The van der Waals surface area contributed by atoms with Crippen LogP contribution in [0, 0.1) is 6.92 Å². The number of benzene rings is 3. The number of hydrogen-bond acceptors (Lipinski definition) is 3. The van der Waals surface area contributed by atoms with E-state index in [-0.39, 0.29) is 0 Å². The van der Waals surface area contributed by atoms with Crippen LogP contribution in [0.4, 0.5) is 0 Å². The van der Waals surface area contributed by atoms with E-state index in [0.717, 1.165) is 40.5 Å². The lowest BCUT2D eigenvalue weighted by Crippen LogP contribution is -2.09. The highest BCUT2D eigenvalue weighted by molar-refractivity contribution is 5.80. The predicted octanol–water partition coefficient (Wildman–Crippen LogP) is 5.10. The molecule has 0 spiro atoms. The van der Waals surface area contributed by atoms with Crippen molar-refractivity contribution >= 4 is 11.0 Å². The topological polar surface area (TPSA) is 36.3 Å². The number of imidazole rings is 1. The van der Waals surface area contributed by atoms with Crippen LogP contribution >= 0.6 is 0 Å². The van der Waals surface area contributed by atoms with Gasteiger partial charge in [0, 0.05) is 5.56 Å². The summed E-state index contributed by atoms with van der Waals surface area (Å²) in [5.74, 6) is 2.62. The summed E-state index contributed by atoms with van der Waals surface area (Å²) in [6, 6.07) is 24.4. The standard InChI is InChI=1S/C23H22N2O2/c1-17-7-9-18(10-8-17)23-24-21-5-3-4-6-22(21)25(23)15-16-27-20-13-11-19(26-2)12-14-20/h3-14H,15-16H2,1-2H3. The van der Waals surface area contributed by atoms with Crippen LogP contribution < -0.4 is 9.47 Å². The molecule has 0 saturated carbocycles. The van der Waals surface area contributed by atoms with Gasteiger partial charge in [-0.2, -0.15) is 0 Å². The van der Waals surface area contributed by atoms with Gasteiger partial charge in [0.25, 0.3) is 0 Å². The Morgan fingerprint density at radius 2 is 1.56 bits per heavy atom. The van der Waals surface area contributed by atoms with Gasteiger partial charge in [-0.25, -0.2) is 4.98 Å². The smallest absolute Gasteiger partial charge is 0.141 e. The maximum atomic E-state index is 5.93. The third-order valence-corrected chi connectivity index (χ3v) is 4.61. The molecule has 0 radical (unpaired) electrons. The molecule has 27 heavy (non-hydrogen) atoms. The Hall–Kier alpha value is -3.27. The molecule has 4 heteroatoms. The van der Waals surface area contributed by atoms with Crippen LogP contribution in [0.5, 0.6) is 11.5 Å². The lowest BCUT2D eigenvalue weighted by Gasteiger charge is -2.11. The van der Waals surface area contributed by atoms with Crippen molar-refractivity contribution in [1.82, 2.24) is 9.55 Å². The highest BCUT2D eigenvalue weighted by Crippen LogP contribution is 2.25. The number of aromatic nitrogens is 2. The van der Waals surface area contributed by atoms with Gasteiger partial charge >= 0.3 is 0 Å². The average molecular weight is 358 g/mol. The van der Waals surface area contributed by atoms with Crippen molar-refractivity contribution in [3.8, 4) is 22.9 Å². The second-order valence-electron chi connectivity index (χ2n) is 6.47. The van der Waals surface area contributed by atoms with Gasteiger partial charge in [-0.15, -0.1) is 0 Å². The van der Waals surface area contributed by atoms with Crippen molar-refractivity contribution in [2.45, 2.75) is 13.5 Å². The predicted molar refractivity (Wildman–Crippen MR) is 108 cm³/mol. The molecule has 4 nitrogen and oxygen atoms in total. The molecular formula is C23H22N2O2. The van der Waals surface area contributed by atoms with E-state index in [1.807, 2.05) is 42.5 Å². The fraction of sp³-hybridized carbons (Fsp3) is 0.174. The van der Waals surface area contributed by atoms with Gasteiger partial charge in [0.05, 0.1) is 24.7 Å². The Morgan fingerprint density at radius 3 is 2.30 bits per heavy atom. The molecule has 0 aliphatic heterocycles. The van der Waals surface area contributed by atoms with E-state index in [2.05, 4.69) is 41.8 Å². The Morgan fingerprint density at radius 1 is 0.852 bits per heavy atom. The van der Waals surface area contributed by atoms with Crippen molar-refractivity contribution in [2.24, 2.45) is 0 Å². The first-order chi connectivity index (χ1) is 13.2. The van der Waals surface area contributed by atoms with E-state index in [1.165, 1.54) is 5.56 Å². The first kappa shape index (κ1) is 17.2. The second kappa shape index (κ2) is 7.54. The molecule has 0 unspecified atom stereocenters. The van der Waals surface area contributed by atoms with Crippen molar-refractivity contribution in [3.05, 3.63) is 78.4 Å². The quantitative estimate of drug-likeness (QED) is 0.481.